The van der Waals surface area contributed by atoms with E-state index < -0.39 is 0 Å². The van der Waals surface area contributed by atoms with Crippen LogP contribution in [-0.2, 0) is 4.79 Å². The molecule has 0 atom stereocenters. The molecular formula is C18H19BrN2O3. The van der Waals surface area contributed by atoms with Crippen molar-refractivity contribution in [1.29, 1.82) is 0 Å². The Morgan fingerprint density at radius 2 is 1.96 bits per heavy atom. The number of aryl methyl sites for hydroxylation is 1. The fourth-order valence-electron chi connectivity index (χ4n) is 1.95. The van der Waals surface area contributed by atoms with E-state index in [1.807, 2.05) is 56.3 Å². The molecule has 0 spiro atoms. The predicted octanol–water partition coefficient (Wildman–Crippen LogP) is 3.69. The van der Waals surface area contributed by atoms with Crippen LogP contribution in [0.3, 0.4) is 0 Å². The van der Waals surface area contributed by atoms with Crippen LogP contribution in [0, 0.1) is 6.92 Å². The van der Waals surface area contributed by atoms with Crippen LogP contribution >= 0.6 is 15.9 Å². The molecule has 0 aliphatic rings. The number of halogens is 1. The second kappa shape index (κ2) is 9.08. The molecule has 1 amide bonds. The molecule has 2 aromatic carbocycles. The maximum absolute atomic E-state index is 11.7. The number of benzene rings is 2. The summed E-state index contributed by atoms with van der Waals surface area (Å²) in [6, 6.07) is 13.0. The van der Waals surface area contributed by atoms with Crippen LogP contribution in [0.1, 0.15) is 18.1 Å². The summed E-state index contributed by atoms with van der Waals surface area (Å²) in [4.78, 5) is 11.7. The van der Waals surface area contributed by atoms with Gasteiger partial charge in [0.05, 0.1) is 12.8 Å². The van der Waals surface area contributed by atoms with Crippen molar-refractivity contribution in [3.05, 3.63) is 58.1 Å². The number of nitrogens with one attached hydrogen (secondary N) is 1. The second-order valence-corrected chi connectivity index (χ2v) is 5.91. The van der Waals surface area contributed by atoms with E-state index in [-0.39, 0.29) is 12.5 Å². The molecule has 0 aromatic heterocycles. The van der Waals surface area contributed by atoms with Crippen LogP contribution in [0.2, 0.25) is 0 Å². The summed E-state index contributed by atoms with van der Waals surface area (Å²) in [6.07, 6.45) is 1.57. The second-order valence-electron chi connectivity index (χ2n) is 4.99. The normalized spacial score (nSPS) is 10.6. The minimum atomic E-state index is -0.320. The molecule has 0 saturated carbocycles. The monoisotopic (exact) mass is 390 g/mol. The van der Waals surface area contributed by atoms with Crippen LogP contribution in [0.4, 0.5) is 0 Å². The fourth-order valence-corrected chi connectivity index (χ4v) is 2.42. The van der Waals surface area contributed by atoms with Crippen molar-refractivity contribution in [2.75, 3.05) is 13.2 Å². The number of hydrazone groups is 1. The van der Waals surface area contributed by atoms with Crippen LogP contribution in [0.5, 0.6) is 11.5 Å². The van der Waals surface area contributed by atoms with E-state index in [4.69, 9.17) is 9.47 Å². The molecule has 0 unspecified atom stereocenters. The number of hydrogen-bond acceptors (Lipinski definition) is 4. The van der Waals surface area contributed by atoms with Gasteiger partial charge in [-0.05, 0) is 67.4 Å². The summed E-state index contributed by atoms with van der Waals surface area (Å²) in [5.41, 5.74) is 4.26. The predicted molar refractivity (Wildman–Crippen MR) is 97.7 cm³/mol. The topological polar surface area (TPSA) is 59.9 Å². The highest BCUT2D eigenvalue weighted by Gasteiger charge is 2.04. The molecule has 2 rings (SSSR count). The van der Waals surface area contributed by atoms with E-state index in [1.54, 1.807) is 6.21 Å². The lowest BCUT2D eigenvalue weighted by Gasteiger charge is -2.08. The molecule has 1 N–H and O–H groups in total. The van der Waals surface area contributed by atoms with E-state index in [9.17, 15) is 4.79 Å². The number of nitrogens with zero attached hydrogens (tertiary/aromatic N) is 1. The Bertz CT molecular complexity index is 715. The standard InChI is InChI=1S/C18H19BrN2O3/c1-3-23-16-7-4-14(5-8-16)11-20-21-18(22)12-24-17-9-6-15(19)10-13(17)2/h4-11H,3,12H2,1-2H3,(H,21,22)/b20-11+. The average Bonchev–Trinajstić information content (AvgIpc) is 2.56. The lowest BCUT2D eigenvalue weighted by molar-refractivity contribution is -0.123. The third-order valence-corrected chi connectivity index (χ3v) is 3.58. The molecule has 0 aliphatic heterocycles. The SMILES string of the molecule is CCOc1ccc(/C=N/NC(=O)COc2ccc(Br)cc2C)cc1. The van der Waals surface area contributed by atoms with Gasteiger partial charge in [0.2, 0.25) is 0 Å². The molecule has 2 aromatic rings. The van der Waals surface area contributed by atoms with Gasteiger partial charge in [0.25, 0.3) is 5.91 Å². The molecule has 0 bridgehead atoms. The summed E-state index contributed by atoms with van der Waals surface area (Å²) < 4.78 is 11.8. The van der Waals surface area contributed by atoms with Crippen LogP contribution in [0.15, 0.2) is 52.0 Å². The zero-order valence-electron chi connectivity index (χ0n) is 13.6. The van der Waals surface area contributed by atoms with Gasteiger partial charge in [-0.1, -0.05) is 15.9 Å². The van der Waals surface area contributed by atoms with Gasteiger partial charge in [-0.15, -0.1) is 0 Å². The van der Waals surface area contributed by atoms with E-state index >= 15 is 0 Å². The summed E-state index contributed by atoms with van der Waals surface area (Å²) in [5.74, 6) is 1.15. The first-order valence-corrected chi connectivity index (χ1v) is 8.31. The van der Waals surface area contributed by atoms with Crippen LogP contribution in [0.25, 0.3) is 0 Å². The molecule has 0 radical (unpaired) electrons. The molecule has 5 nitrogen and oxygen atoms in total. The first kappa shape index (κ1) is 18.0. The highest BCUT2D eigenvalue weighted by atomic mass is 79.9. The maximum atomic E-state index is 11.7. The molecular weight excluding hydrogens is 372 g/mol. The van der Waals surface area contributed by atoms with E-state index in [1.165, 1.54) is 0 Å². The Balaban J connectivity index is 1.80. The number of amides is 1. The fraction of sp³-hybridized carbons (Fsp3) is 0.222. The number of carbonyl (C=O) groups excluding carboxylic acids is 1. The van der Waals surface area contributed by atoms with Crippen molar-refractivity contribution in [3.8, 4) is 11.5 Å². The van der Waals surface area contributed by atoms with E-state index in [0.29, 0.717) is 12.4 Å². The number of hydrogen-bond donors (Lipinski definition) is 1. The number of carbonyl (C=O) groups is 1. The Labute approximate surface area is 149 Å². The first-order valence-electron chi connectivity index (χ1n) is 7.52. The maximum Gasteiger partial charge on any atom is 0.277 e. The molecule has 0 heterocycles. The third kappa shape index (κ3) is 5.70. The zero-order valence-corrected chi connectivity index (χ0v) is 15.2. The van der Waals surface area contributed by atoms with Crippen LogP contribution < -0.4 is 14.9 Å². The van der Waals surface area contributed by atoms with E-state index in [2.05, 4.69) is 26.5 Å². The van der Waals surface area contributed by atoms with Gasteiger partial charge in [-0.3, -0.25) is 4.79 Å². The first-order chi connectivity index (χ1) is 11.6. The largest absolute Gasteiger partial charge is 0.494 e. The quantitative estimate of drug-likeness (QED) is 0.579. The Kier molecular flexibility index (Phi) is 6.81. The van der Waals surface area contributed by atoms with Crippen molar-refractivity contribution >= 4 is 28.1 Å². The van der Waals surface area contributed by atoms with Crippen molar-refractivity contribution in [1.82, 2.24) is 5.43 Å². The summed E-state index contributed by atoms with van der Waals surface area (Å²) >= 11 is 3.38. The summed E-state index contributed by atoms with van der Waals surface area (Å²) in [6.45, 7) is 4.38. The average molecular weight is 391 g/mol. The minimum absolute atomic E-state index is 0.0942. The highest BCUT2D eigenvalue weighted by Crippen LogP contribution is 2.21. The van der Waals surface area contributed by atoms with Crippen LogP contribution in [-0.4, -0.2) is 25.3 Å². The molecule has 0 fully saturated rings. The van der Waals surface area contributed by atoms with Gasteiger partial charge >= 0.3 is 0 Å². The number of ether oxygens (including phenoxy) is 2. The molecule has 126 valence electrons. The molecule has 6 heteroatoms. The Morgan fingerprint density at radius 1 is 1.21 bits per heavy atom. The van der Waals surface area contributed by atoms with Gasteiger partial charge in [0.1, 0.15) is 11.5 Å². The molecule has 0 aliphatic carbocycles. The van der Waals surface area contributed by atoms with Gasteiger partial charge in [-0.2, -0.15) is 5.10 Å². The number of rotatable bonds is 7. The summed E-state index contributed by atoms with van der Waals surface area (Å²) in [5, 5.41) is 3.91. The zero-order chi connectivity index (χ0) is 17.4. The molecule has 0 saturated heterocycles. The third-order valence-electron chi connectivity index (χ3n) is 3.09. The van der Waals surface area contributed by atoms with Gasteiger partial charge < -0.3 is 9.47 Å². The van der Waals surface area contributed by atoms with E-state index in [0.717, 1.165) is 21.3 Å². The van der Waals surface area contributed by atoms with Crippen molar-refractivity contribution in [2.24, 2.45) is 5.10 Å². The highest BCUT2D eigenvalue weighted by molar-refractivity contribution is 9.10. The Morgan fingerprint density at radius 3 is 2.62 bits per heavy atom. The molecule has 24 heavy (non-hydrogen) atoms. The smallest absolute Gasteiger partial charge is 0.277 e. The Hall–Kier alpha value is -2.34. The van der Waals surface area contributed by atoms with Gasteiger partial charge in [0, 0.05) is 4.47 Å². The van der Waals surface area contributed by atoms with Gasteiger partial charge in [-0.25, -0.2) is 5.43 Å². The van der Waals surface area contributed by atoms with Crippen molar-refractivity contribution in [2.45, 2.75) is 13.8 Å². The van der Waals surface area contributed by atoms with Gasteiger partial charge in [0.15, 0.2) is 6.61 Å². The lowest BCUT2D eigenvalue weighted by atomic mass is 10.2. The van der Waals surface area contributed by atoms with Crippen molar-refractivity contribution in [3.63, 3.8) is 0 Å². The minimum Gasteiger partial charge on any atom is -0.494 e. The summed E-state index contributed by atoms with van der Waals surface area (Å²) in [7, 11) is 0. The van der Waals surface area contributed by atoms with Crippen molar-refractivity contribution < 1.29 is 14.3 Å². The lowest BCUT2D eigenvalue weighted by Crippen LogP contribution is -2.24.